The van der Waals surface area contributed by atoms with Gasteiger partial charge in [0.05, 0.1) is 6.26 Å². The summed E-state index contributed by atoms with van der Waals surface area (Å²) in [5.74, 6) is 0. The predicted octanol–water partition coefficient (Wildman–Crippen LogP) is 1.04. The zero-order valence-corrected chi connectivity index (χ0v) is 8.56. The van der Waals surface area contributed by atoms with Crippen molar-refractivity contribution in [1.29, 1.82) is 0 Å². The molecule has 0 saturated carbocycles. The molecular formula is C9H13NO2S. The molecule has 0 aliphatic heterocycles. The molecule has 4 heteroatoms. The van der Waals surface area contributed by atoms with E-state index in [1.165, 1.54) is 5.56 Å². The summed E-state index contributed by atoms with van der Waals surface area (Å²) in [4.78, 5) is 0. The molecule has 0 heterocycles. The van der Waals surface area contributed by atoms with Gasteiger partial charge in [-0.25, -0.2) is 13.1 Å². The lowest BCUT2D eigenvalue weighted by Crippen LogP contribution is -2.21. The molecule has 1 rings (SSSR count). The average Bonchev–Trinajstić information content (AvgIpc) is 2.02. The summed E-state index contributed by atoms with van der Waals surface area (Å²) >= 11 is 0. The molecule has 0 bridgehead atoms. The van der Waals surface area contributed by atoms with Crippen LogP contribution in [0.15, 0.2) is 24.3 Å². The largest absolute Gasteiger partial charge is 0.213 e. The van der Waals surface area contributed by atoms with Gasteiger partial charge in [0.1, 0.15) is 0 Å². The maximum Gasteiger partial charge on any atom is 0.209 e. The normalized spacial score (nSPS) is 11.5. The summed E-state index contributed by atoms with van der Waals surface area (Å²) in [6, 6.07) is 7.74. The minimum Gasteiger partial charge on any atom is -0.213 e. The number of hydrogen-bond acceptors (Lipinski definition) is 2. The molecule has 0 unspecified atom stereocenters. The van der Waals surface area contributed by atoms with Gasteiger partial charge in [-0.05, 0) is 12.5 Å². The van der Waals surface area contributed by atoms with Gasteiger partial charge in [0, 0.05) is 6.54 Å². The quantitative estimate of drug-likeness (QED) is 0.790. The molecule has 0 amide bonds. The van der Waals surface area contributed by atoms with Crippen molar-refractivity contribution in [1.82, 2.24) is 4.72 Å². The molecule has 0 aliphatic carbocycles. The highest BCUT2D eigenvalue weighted by Gasteiger charge is 1.99. The van der Waals surface area contributed by atoms with Gasteiger partial charge in [-0.3, -0.25) is 0 Å². The van der Waals surface area contributed by atoms with E-state index in [1.807, 2.05) is 31.2 Å². The molecule has 0 aromatic heterocycles. The highest BCUT2D eigenvalue weighted by atomic mass is 32.2. The Morgan fingerprint density at radius 1 is 1.23 bits per heavy atom. The molecule has 1 aromatic rings. The molecule has 3 nitrogen and oxygen atoms in total. The number of benzene rings is 1. The van der Waals surface area contributed by atoms with Crippen LogP contribution in [0.1, 0.15) is 11.1 Å². The second-order valence-electron chi connectivity index (χ2n) is 3.08. The van der Waals surface area contributed by atoms with E-state index in [0.717, 1.165) is 11.8 Å². The summed E-state index contributed by atoms with van der Waals surface area (Å²) in [5.41, 5.74) is 2.14. The van der Waals surface area contributed by atoms with Crippen LogP contribution in [-0.2, 0) is 16.6 Å². The predicted molar refractivity (Wildman–Crippen MR) is 52.9 cm³/mol. The maximum absolute atomic E-state index is 10.8. The van der Waals surface area contributed by atoms with Crippen LogP contribution >= 0.6 is 0 Å². The number of aryl methyl sites for hydroxylation is 1. The number of rotatable bonds is 3. The number of sulfonamides is 1. The lowest BCUT2D eigenvalue weighted by atomic mass is 10.2. The Morgan fingerprint density at radius 2 is 1.77 bits per heavy atom. The lowest BCUT2D eigenvalue weighted by Gasteiger charge is -2.02. The van der Waals surface area contributed by atoms with Gasteiger partial charge in [0.15, 0.2) is 0 Å². The van der Waals surface area contributed by atoms with Crippen LogP contribution in [0.4, 0.5) is 0 Å². The van der Waals surface area contributed by atoms with Crippen molar-refractivity contribution in [2.24, 2.45) is 0 Å². The molecule has 1 N–H and O–H groups in total. The van der Waals surface area contributed by atoms with E-state index in [1.54, 1.807) is 0 Å². The Labute approximate surface area is 78.8 Å². The topological polar surface area (TPSA) is 46.2 Å². The van der Waals surface area contributed by atoms with Crippen LogP contribution in [-0.4, -0.2) is 14.7 Å². The van der Waals surface area contributed by atoms with Crippen molar-refractivity contribution in [3.05, 3.63) is 35.4 Å². The number of hydrogen-bond donors (Lipinski definition) is 1. The van der Waals surface area contributed by atoms with E-state index in [0.29, 0.717) is 6.54 Å². The molecule has 1 aromatic carbocycles. The molecule has 0 radical (unpaired) electrons. The fourth-order valence-electron chi connectivity index (χ4n) is 0.920. The van der Waals surface area contributed by atoms with Gasteiger partial charge in [-0.15, -0.1) is 0 Å². The van der Waals surface area contributed by atoms with E-state index < -0.39 is 10.0 Å². The summed E-state index contributed by atoms with van der Waals surface area (Å²) in [5, 5.41) is 0. The highest BCUT2D eigenvalue weighted by Crippen LogP contribution is 2.02. The summed E-state index contributed by atoms with van der Waals surface area (Å²) < 4.78 is 24.0. The minimum absolute atomic E-state index is 0.360. The third-order valence-corrected chi connectivity index (χ3v) is 2.33. The Morgan fingerprint density at radius 3 is 2.23 bits per heavy atom. The molecule has 0 atom stereocenters. The van der Waals surface area contributed by atoms with E-state index >= 15 is 0 Å². The van der Waals surface area contributed by atoms with Crippen molar-refractivity contribution in [3.8, 4) is 0 Å². The van der Waals surface area contributed by atoms with Crippen LogP contribution in [0.5, 0.6) is 0 Å². The zero-order valence-electron chi connectivity index (χ0n) is 7.74. The first-order valence-electron chi connectivity index (χ1n) is 3.97. The van der Waals surface area contributed by atoms with Crippen molar-refractivity contribution in [3.63, 3.8) is 0 Å². The Balaban J connectivity index is 2.61. The summed E-state index contributed by atoms with van der Waals surface area (Å²) in [6.45, 7) is 2.35. The van der Waals surface area contributed by atoms with Crippen molar-refractivity contribution in [2.45, 2.75) is 13.5 Å². The first kappa shape index (κ1) is 10.2. The first-order valence-corrected chi connectivity index (χ1v) is 5.87. The molecule has 72 valence electrons. The monoisotopic (exact) mass is 199 g/mol. The molecule has 0 saturated heterocycles. The maximum atomic E-state index is 10.8. The van der Waals surface area contributed by atoms with E-state index in [-0.39, 0.29) is 0 Å². The minimum atomic E-state index is -3.08. The lowest BCUT2D eigenvalue weighted by molar-refractivity contribution is 0.587. The molecule has 0 aliphatic rings. The van der Waals surface area contributed by atoms with E-state index in [2.05, 4.69) is 4.72 Å². The first-order chi connectivity index (χ1) is 5.97. The number of nitrogens with one attached hydrogen (secondary N) is 1. The van der Waals surface area contributed by atoms with Gasteiger partial charge >= 0.3 is 0 Å². The molecule has 0 fully saturated rings. The van der Waals surface area contributed by atoms with E-state index in [9.17, 15) is 8.42 Å². The second kappa shape index (κ2) is 3.89. The van der Waals surface area contributed by atoms with E-state index in [4.69, 9.17) is 0 Å². The van der Waals surface area contributed by atoms with Crippen LogP contribution in [0.25, 0.3) is 0 Å². The molecular weight excluding hydrogens is 186 g/mol. The fraction of sp³-hybridized carbons (Fsp3) is 0.333. The Bertz CT molecular complexity index is 367. The van der Waals surface area contributed by atoms with Crippen LogP contribution in [0.2, 0.25) is 0 Å². The van der Waals surface area contributed by atoms with Gasteiger partial charge in [-0.1, -0.05) is 29.8 Å². The standard InChI is InChI=1S/C9H13NO2S/c1-8-3-5-9(6-4-8)7-10-13(2,11)12/h3-6,10H,7H2,1-2H3. The summed E-state index contributed by atoms with van der Waals surface area (Å²) in [7, 11) is -3.08. The van der Waals surface area contributed by atoms with Crippen molar-refractivity contribution >= 4 is 10.0 Å². The smallest absolute Gasteiger partial charge is 0.209 e. The second-order valence-corrected chi connectivity index (χ2v) is 4.91. The van der Waals surface area contributed by atoms with Gasteiger partial charge in [-0.2, -0.15) is 0 Å². The van der Waals surface area contributed by atoms with Crippen LogP contribution < -0.4 is 4.72 Å². The average molecular weight is 199 g/mol. The van der Waals surface area contributed by atoms with Crippen molar-refractivity contribution < 1.29 is 8.42 Å². The SMILES string of the molecule is Cc1ccc(CNS(C)(=O)=O)cc1. The van der Waals surface area contributed by atoms with Crippen LogP contribution in [0, 0.1) is 6.92 Å². The third-order valence-electron chi connectivity index (χ3n) is 1.66. The highest BCUT2D eigenvalue weighted by molar-refractivity contribution is 7.88. The fourth-order valence-corrected chi connectivity index (χ4v) is 1.35. The summed E-state index contributed by atoms with van der Waals surface area (Å²) in [6.07, 6.45) is 1.15. The Kier molecular flexibility index (Phi) is 3.06. The van der Waals surface area contributed by atoms with Crippen LogP contribution in [0.3, 0.4) is 0 Å². The Hall–Kier alpha value is -0.870. The van der Waals surface area contributed by atoms with Gasteiger partial charge in [0.2, 0.25) is 10.0 Å². The molecule has 13 heavy (non-hydrogen) atoms. The van der Waals surface area contributed by atoms with Gasteiger partial charge < -0.3 is 0 Å². The third kappa shape index (κ3) is 4.05. The van der Waals surface area contributed by atoms with Gasteiger partial charge in [0.25, 0.3) is 0 Å². The van der Waals surface area contributed by atoms with Crippen molar-refractivity contribution in [2.75, 3.05) is 6.26 Å². The zero-order chi connectivity index (χ0) is 9.90. The molecule has 0 spiro atoms.